The molecule has 2 rings (SSSR count). The smallest absolute Gasteiger partial charge is 0.334 e. The summed E-state index contributed by atoms with van der Waals surface area (Å²) in [6, 6.07) is 5.85. The maximum absolute atomic E-state index is 12.1. The fourth-order valence-corrected chi connectivity index (χ4v) is 2.60. The molecule has 122 valence electrons. The minimum Gasteiger partial charge on any atom is -0.348 e. The van der Waals surface area contributed by atoms with Crippen LogP contribution in [0.15, 0.2) is 24.3 Å². The number of nitrogens with one attached hydrogen (secondary N) is 1. The number of nitrogens with zero attached hydrogens (tertiary/aromatic N) is 2. The van der Waals surface area contributed by atoms with E-state index in [9.17, 15) is 19.2 Å². The van der Waals surface area contributed by atoms with E-state index in [0.29, 0.717) is 15.5 Å². The number of benzene rings is 1. The molecule has 0 bridgehead atoms. The fourth-order valence-electron chi connectivity index (χ4n) is 2.30. The summed E-state index contributed by atoms with van der Waals surface area (Å²) in [5.41, 5.74) is 0.716. The SMILES string of the molecule is CCN1C(=O)C(=O)N(CC(=O)N[C@H](C)c2ccccc2Cl)C1=O. The van der Waals surface area contributed by atoms with Gasteiger partial charge in [-0.3, -0.25) is 19.3 Å². The third-order valence-electron chi connectivity index (χ3n) is 3.50. The summed E-state index contributed by atoms with van der Waals surface area (Å²) < 4.78 is 0. The Balaban J connectivity index is 2.03. The van der Waals surface area contributed by atoms with Crippen molar-refractivity contribution < 1.29 is 19.2 Å². The van der Waals surface area contributed by atoms with Crippen LogP contribution in [0, 0.1) is 0 Å². The second kappa shape index (κ2) is 6.78. The summed E-state index contributed by atoms with van der Waals surface area (Å²) in [4.78, 5) is 48.7. The number of likely N-dealkylation sites (N-methyl/N-ethyl adjacent to an activating group) is 1. The predicted octanol–water partition coefficient (Wildman–Crippen LogP) is 1.33. The molecule has 1 saturated heterocycles. The normalized spacial score (nSPS) is 16.0. The molecule has 0 radical (unpaired) electrons. The molecule has 0 unspecified atom stereocenters. The summed E-state index contributed by atoms with van der Waals surface area (Å²) in [5, 5.41) is 3.15. The number of rotatable bonds is 5. The lowest BCUT2D eigenvalue weighted by Gasteiger charge is -2.18. The molecule has 1 aliphatic rings. The van der Waals surface area contributed by atoms with Crippen molar-refractivity contribution in [3.05, 3.63) is 34.9 Å². The summed E-state index contributed by atoms with van der Waals surface area (Å²) in [7, 11) is 0. The van der Waals surface area contributed by atoms with Gasteiger partial charge in [0.15, 0.2) is 0 Å². The van der Waals surface area contributed by atoms with Gasteiger partial charge >= 0.3 is 17.8 Å². The van der Waals surface area contributed by atoms with E-state index >= 15 is 0 Å². The first-order chi connectivity index (χ1) is 10.9. The van der Waals surface area contributed by atoms with E-state index in [-0.39, 0.29) is 6.54 Å². The Morgan fingerprint density at radius 1 is 1.17 bits per heavy atom. The van der Waals surface area contributed by atoms with Crippen LogP contribution in [0.1, 0.15) is 25.5 Å². The van der Waals surface area contributed by atoms with Gasteiger partial charge in [-0.2, -0.15) is 0 Å². The van der Waals surface area contributed by atoms with Gasteiger partial charge in [0.1, 0.15) is 6.54 Å². The highest BCUT2D eigenvalue weighted by Gasteiger charge is 2.44. The number of carbonyl (C=O) groups is 4. The lowest BCUT2D eigenvalue weighted by atomic mass is 10.1. The number of amides is 5. The maximum Gasteiger partial charge on any atom is 0.334 e. The highest BCUT2D eigenvalue weighted by Crippen LogP contribution is 2.22. The summed E-state index contributed by atoms with van der Waals surface area (Å²) in [5.74, 6) is -2.45. The molecule has 1 aliphatic heterocycles. The summed E-state index contributed by atoms with van der Waals surface area (Å²) >= 11 is 6.05. The summed E-state index contributed by atoms with van der Waals surface area (Å²) in [6.45, 7) is 2.88. The second-order valence-electron chi connectivity index (χ2n) is 5.03. The largest absolute Gasteiger partial charge is 0.348 e. The Bertz CT molecular complexity index is 676. The van der Waals surface area contributed by atoms with Crippen molar-refractivity contribution in [2.75, 3.05) is 13.1 Å². The Hall–Kier alpha value is -2.41. The monoisotopic (exact) mass is 337 g/mol. The topological polar surface area (TPSA) is 86.8 Å². The van der Waals surface area contributed by atoms with Crippen molar-refractivity contribution in [1.29, 1.82) is 0 Å². The lowest BCUT2D eigenvalue weighted by Crippen LogP contribution is -2.42. The van der Waals surface area contributed by atoms with Crippen molar-refractivity contribution in [1.82, 2.24) is 15.1 Å². The molecule has 23 heavy (non-hydrogen) atoms. The zero-order valence-corrected chi connectivity index (χ0v) is 13.5. The first-order valence-electron chi connectivity index (χ1n) is 7.08. The van der Waals surface area contributed by atoms with Crippen molar-refractivity contribution in [3.8, 4) is 0 Å². The number of hydrogen-bond acceptors (Lipinski definition) is 4. The zero-order chi connectivity index (χ0) is 17.1. The Morgan fingerprint density at radius 3 is 2.35 bits per heavy atom. The van der Waals surface area contributed by atoms with Crippen LogP contribution >= 0.6 is 11.6 Å². The number of urea groups is 1. The van der Waals surface area contributed by atoms with Crippen molar-refractivity contribution in [2.45, 2.75) is 19.9 Å². The van der Waals surface area contributed by atoms with Gasteiger partial charge < -0.3 is 5.32 Å². The van der Waals surface area contributed by atoms with E-state index in [1.807, 2.05) is 0 Å². The van der Waals surface area contributed by atoms with Gasteiger partial charge in [0.2, 0.25) is 5.91 Å². The van der Waals surface area contributed by atoms with Crippen LogP contribution in [0.25, 0.3) is 0 Å². The van der Waals surface area contributed by atoms with Crippen LogP contribution < -0.4 is 5.32 Å². The van der Waals surface area contributed by atoms with Crippen molar-refractivity contribution in [3.63, 3.8) is 0 Å². The predicted molar refractivity (Wildman–Crippen MR) is 82.5 cm³/mol. The highest BCUT2D eigenvalue weighted by molar-refractivity contribution is 6.45. The Kier molecular flexibility index (Phi) is 5.00. The minimum atomic E-state index is -0.989. The van der Waals surface area contributed by atoms with Gasteiger partial charge in [0.25, 0.3) is 0 Å². The van der Waals surface area contributed by atoms with E-state index in [0.717, 1.165) is 4.90 Å². The number of halogens is 1. The van der Waals surface area contributed by atoms with Crippen LogP contribution in [0.2, 0.25) is 5.02 Å². The van der Waals surface area contributed by atoms with Gasteiger partial charge in [0, 0.05) is 11.6 Å². The first-order valence-corrected chi connectivity index (χ1v) is 7.45. The summed E-state index contributed by atoms with van der Waals surface area (Å²) in [6.07, 6.45) is 0. The highest BCUT2D eigenvalue weighted by atomic mass is 35.5. The lowest BCUT2D eigenvalue weighted by molar-refractivity contribution is -0.144. The van der Waals surface area contributed by atoms with Crippen molar-refractivity contribution >= 4 is 35.4 Å². The van der Waals surface area contributed by atoms with Crippen LogP contribution in [0.5, 0.6) is 0 Å². The second-order valence-corrected chi connectivity index (χ2v) is 5.44. The molecule has 0 spiro atoms. The van der Waals surface area contributed by atoms with E-state index in [2.05, 4.69) is 5.32 Å². The number of carbonyl (C=O) groups excluding carboxylic acids is 4. The Labute approximate surface area is 138 Å². The molecule has 1 aromatic rings. The molecule has 7 nitrogen and oxygen atoms in total. The third kappa shape index (κ3) is 3.34. The molecule has 1 fully saturated rings. The fraction of sp³-hybridized carbons (Fsp3) is 0.333. The first kappa shape index (κ1) is 17.0. The van der Waals surface area contributed by atoms with E-state index in [1.54, 1.807) is 38.1 Å². The number of hydrogen-bond donors (Lipinski definition) is 1. The molecular formula is C15H16ClN3O4. The number of imide groups is 2. The van der Waals surface area contributed by atoms with Crippen molar-refractivity contribution in [2.24, 2.45) is 0 Å². The van der Waals surface area contributed by atoms with E-state index < -0.39 is 36.3 Å². The quantitative estimate of drug-likeness (QED) is 0.648. The average molecular weight is 338 g/mol. The molecule has 0 aromatic heterocycles. The van der Waals surface area contributed by atoms with Gasteiger partial charge in [-0.1, -0.05) is 29.8 Å². The molecule has 0 saturated carbocycles. The van der Waals surface area contributed by atoms with E-state index in [4.69, 9.17) is 11.6 Å². The molecule has 8 heteroatoms. The van der Waals surface area contributed by atoms with Crippen LogP contribution in [-0.2, 0) is 14.4 Å². The van der Waals surface area contributed by atoms with Gasteiger partial charge in [-0.25, -0.2) is 9.69 Å². The van der Waals surface area contributed by atoms with Crippen LogP contribution in [0.4, 0.5) is 4.79 Å². The zero-order valence-electron chi connectivity index (χ0n) is 12.7. The van der Waals surface area contributed by atoms with Crippen LogP contribution in [-0.4, -0.2) is 46.6 Å². The molecular weight excluding hydrogens is 322 g/mol. The molecule has 1 heterocycles. The minimum absolute atomic E-state index is 0.0809. The average Bonchev–Trinajstić information content (AvgIpc) is 2.71. The maximum atomic E-state index is 12.1. The van der Waals surface area contributed by atoms with Gasteiger partial charge in [0.05, 0.1) is 6.04 Å². The van der Waals surface area contributed by atoms with Crippen LogP contribution in [0.3, 0.4) is 0 Å². The molecule has 1 aromatic carbocycles. The van der Waals surface area contributed by atoms with E-state index in [1.165, 1.54) is 0 Å². The third-order valence-corrected chi connectivity index (χ3v) is 3.85. The molecule has 5 amide bonds. The molecule has 0 aliphatic carbocycles. The molecule has 1 N–H and O–H groups in total. The Morgan fingerprint density at radius 2 is 1.78 bits per heavy atom. The standard InChI is InChI=1S/C15H16ClN3O4/c1-3-18-13(21)14(22)19(15(18)23)8-12(20)17-9(2)10-6-4-5-7-11(10)16/h4-7,9H,3,8H2,1-2H3,(H,17,20)/t9-/m1/s1. The molecule has 1 atom stereocenters. The van der Waals surface area contributed by atoms with Gasteiger partial charge in [-0.15, -0.1) is 0 Å². The van der Waals surface area contributed by atoms with Gasteiger partial charge in [-0.05, 0) is 25.5 Å².